The van der Waals surface area contributed by atoms with E-state index in [0.717, 1.165) is 5.56 Å². The number of aliphatic carboxylic acids is 1. The number of carbonyl (C=O) groups is 2. The average molecular weight is 411 g/mol. The third kappa shape index (κ3) is 6.37. The predicted molar refractivity (Wildman–Crippen MR) is 117 cm³/mol. The Bertz CT molecular complexity index is 888. The smallest absolute Gasteiger partial charge is 0.341 e. The molecule has 0 radical (unpaired) electrons. The van der Waals surface area contributed by atoms with E-state index in [-0.39, 0.29) is 12.0 Å². The molecule has 2 aromatic rings. The van der Waals surface area contributed by atoms with Crippen molar-refractivity contribution in [2.45, 2.75) is 33.8 Å². The van der Waals surface area contributed by atoms with E-state index in [4.69, 9.17) is 14.6 Å². The summed E-state index contributed by atoms with van der Waals surface area (Å²) in [5.74, 6) is -0.264. The topological polar surface area (TPSA) is 76.1 Å². The van der Waals surface area contributed by atoms with E-state index in [2.05, 4.69) is 0 Å². The Morgan fingerprint density at radius 2 is 1.77 bits per heavy atom. The third-order valence-electron chi connectivity index (χ3n) is 4.73. The number of benzene rings is 2. The van der Waals surface area contributed by atoms with Crippen LogP contribution in [0.5, 0.6) is 11.5 Å². The first-order chi connectivity index (χ1) is 14.3. The molecule has 0 bridgehead atoms. The number of ether oxygens (including phenoxy) is 2. The molecule has 6 heteroatoms. The van der Waals surface area contributed by atoms with Gasteiger partial charge in [0.2, 0.25) is 5.91 Å². The Hall–Kier alpha value is -3.28. The van der Waals surface area contributed by atoms with Crippen molar-refractivity contribution in [1.82, 2.24) is 4.90 Å². The summed E-state index contributed by atoms with van der Waals surface area (Å²) >= 11 is 0. The summed E-state index contributed by atoms with van der Waals surface area (Å²) in [7, 11) is 0. The Kier molecular flexibility index (Phi) is 8.47. The molecule has 0 heterocycles. The number of allylic oxidation sites excluding steroid dienone is 1. The number of likely N-dealkylation sites (N-methyl/N-ethyl adjacent to an activating group) is 1. The van der Waals surface area contributed by atoms with Crippen LogP contribution in [0.25, 0.3) is 5.57 Å². The summed E-state index contributed by atoms with van der Waals surface area (Å²) in [5, 5.41) is 9.02. The van der Waals surface area contributed by atoms with Crippen LogP contribution in [0, 0.1) is 0 Å². The van der Waals surface area contributed by atoms with E-state index < -0.39 is 12.6 Å². The van der Waals surface area contributed by atoms with Crippen LogP contribution in [0.4, 0.5) is 0 Å². The van der Waals surface area contributed by atoms with E-state index in [9.17, 15) is 9.59 Å². The van der Waals surface area contributed by atoms with Crippen LogP contribution in [0.1, 0.15) is 44.9 Å². The molecule has 0 aliphatic heterocycles. The molecule has 0 saturated heterocycles. The van der Waals surface area contributed by atoms with Crippen molar-refractivity contribution in [3.8, 4) is 11.5 Å². The second-order valence-corrected chi connectivity index (χ2v) is 6.85. The van der Waals surface area contributed by atoms with E-state index >= 15 is 0 Å². The summed E-state index contributed by atoms with van der Waals surface area (Å²) in [4.78, 5) is 25.1. The number of carboxylic acids is 1. The molecule has 1 atom stereocenters. The van der Waals surface area contributed by atoms with Crippen molar-refractivity contribution in [2.24, 2.45) is 0 Å². The SMILES string of the molecule is CCN(CC)C(=O)/C=C(\C)c1ccc(OC(C)c2ccccc2)cc1OCC(=O)O. The molecule has 30 heavy (non-hydrogen) atoms. The van der Waals surface area contributed by atoms with Crippen molar-refractivity contribution in [1.29, 1.82) is 0 Å². The highest BCUT2D eigenvalue weighted by Crippen LogP contribution is 2.32. The largest absolute Gasteiger partial charge is 0.486 e. The van der Waals surface area contributed by atoms with Gasteiger partial charge in [0, 0.05) is 30.8 Å². The Morgan fingerprint density at radius 3 is 2.37 bits per heavy atom. The first kappa shape index (κ1) is 23.0. The molecule has 0 saturated carbocycles. The lowest BCUT2D eigenvalue weighted by Crippen LogP contribution is -2.28. The maximum Gasteiger partial charge on any atom is 0.341 e. The molecule has 1 amide bonds. The molecular weight excluding hydrogens is 382 g/mol. The molecule has 0 aromatic heterocycles. The van der Waals surface area contributed by atoms with E-state index in [1.54, 1.807) is 36.1 Å². The van der Waals surface area contributed by atoms with E-state index in [1.165, 1.54) is 0 Å². The Balaban J connectivity index is 2.31. The molecule has 2 rings (SSSR count). The maximum absolute atomic E-state index is 12.4. The second kappa shape index (κ2) is 11.0. The van der Waals surface area contributed by atoms with Crippen molar-refractivity contribution in [3.63, 3.8) is 0 Å². The fourth-order valence-electron chi connectivity index (χ4n) is 3.05. The number of carbonyl (C=O) groups excluding carboxylic acids is 1. The van der Waals surface area contributed by atoms with Crippen molar-refractivity contribution in [2.75, 3.05) is 19.7 Å². The van der Waals surface area contributed by atoms with Crippen LogP contribution >= 0.6 is 0 Å². The van der Waals surface area contributed by atoms with Gasteiger partial charge >= 0.3 is 5.97 Å². The lowest BCUT2D eigenvalue weighted by atomic mass is 10.0. The monoisotopic (exact) mass is 411 g/mol. The molecular formula is C24H29NO5. The van der Waals surface area contributed by atoms with Crippen LogP contribution in [0.2, 0.25) is 0 Å². The number of hydrogen-bond acceptors (Lipinski definition) is 4. The third-order valence-corrected chi connectivity index (χ3v) is 4.73. The molecule has 0 fully saturated rings. The lowest BCUT2D eigenvalue weighted by molar-refractivity contribution is -0.139. The van der Waals surface area contributed by atoms with Gasteiger partial charge < -0.3 is 19.5 Å². The van der Waals surface area contributed by atoms with Gasteiger partial charge in [-0.25, -0.2) is 4.79 Å². The van der Waals surface area contributed by atoms with Gasteiger partial charge in [0.1, 0.15) is 17.6 Å². The molecule has 6 nitrogen and oxygen atoms in total. The molecule has 1 unspecified atom stereocenters. The zero-order valence-electron chi connectivity index (χ0n) is 17.9. The van der Waals surface area contributed by atoms with Crippen LogP contribution in [-0.2, 0) is 9.59 Å². The van der Waals surface area contributed by atoms with Gasteiger partial charge in [0.25, 0.3) is 0 Å². The summed E-state index contributed by atoms with van der Waals surface area (Å²) < 4.78 is 11.5. The van der Waals surface area contributed by atoms with Gasteiger partial charge in [0.15, 0.2) is 6.61 Å². The minimum absolute atomic E-state index is 0.0975. The number of rotatable bonds is 10. The average Bonchev–Trinajstić information content (AvgIpc) is 2.73. The van der Waals surface area contributed by atoms with Gasteiger partial charge in [-0.05, 0) is 51.0 Å². The minimum Gasteiger partial charge on any atom is -0.486 e. The van der Waals surface area contributed by atoms with Crippen LogP contribution in [0.3, 0.4) is 0 Å². The highest BCUT2D eigenvalue weighted by atomic mass is 16.5. The zero-order valence-corrected chi connectivity index (χ0v) is 17.9. The van der Waals surface area contributed by atoms with Crippen LogP contribution in [0.15, 0.2) is 54.6 Å². The molecule has 2 aromatic carbocycles. The number of nitrogens with zero attached hydrogens (tertiary/aromatic N) is 1. The number of hydrogen-bond donors (Lipinski definition) is 1. The first-order valence-corrected chi connectivity index (χ1v) is 10.0. The van der Waals surface area contributed by atoms with Gasteiger partial charge in [-0.1, -0.05) is 30.3 Å². The quantitative estimate of drug-likeness (QED) is 0.580. The fourth-order valence-corrected chi connectivity index (χ4v) is 3.05. The van der Waals surface area contributed by atoms with Crippen LogP contribution in [-0.4, -0.2) is 41.6 Å². The number of carboxylic acid groups (broad SMARTS) is 1. The Morgan fingerprint density at radius 1 is 1.10 bits per heavy atom. The number of amides is 1. The minimum atomic E-state index is -1.08. The summed E-state index contributed by atoms with van der Waals surface area (Å²) in [5.41, 5.74) is 2.36. The second-order valence-electron chi connectivity index (χ2n) is 6.85. The van der Waals surface area contributed by atoms with Crippen molar-refractivity contribution in [3.05, 3.63) is 65.7 Å². The predicted octanol–water partition coefficient (Wildman–Crippen LogP) is 4.56. The van der Waals surface area contributed by atoms with E-state index in [1.807, 2.05) is 51.1 Å². The van der Waals surface area contributed by atoms with Crippen molar-refractivity contribution >= 4 is 17.4 Å². The molecule has 0 aliphatic carbocycles. The summed E-state index contributed by atoms with van der Waals surface area (Å²) in [6.45, 7) is 8.34. The normalized spacial score (nSPS) is 12.2. The van der Waals surface area contributed by atoms with Crippen molar-refractivity contribution < 1.29 is 24.2 Å². The first-order valence-electron chi connectivity index (χ1n) is 10.0. The highest BCUT2D eigenvalue weighted by molar-refractivity contribution is 5.95. The van der Waals surface area contributed by atoms with Gasteiger partial charge in [-0.2, -0.15) is 0 Å². The highest BCUT2D eigenvalue weighted by Gasteiger charge is 2.14. The van der Waals surface area contributed by atoms with Gasteiger partial charge in [-0.3, -0.25) is 4.79 Å². The molecule has 1 N–H and O–H groups in total. The molecule has 160 valence electrons. The fraction of sp³-hybridized carbons (Fsp3) is 0.333. The van der Waals surface area contributed by atoms with E-state index in [0.29, 0.717) is 35.7 Å². The maximum atomic E-state index is 12.4. The standard InChI is InChI=1S/C24H29NO5/c1-5-25(6-2)23(26)14-17(3)21-13-12-20(15-22(21)29-16-24(27)28)30-18(4)19-10-8-7-9-11-19/h7-15,18H,5-6,16H2,1-4H3,(H,27,28)/b17-14+. The zero-order chi connectivity index (χ0) is 22.1. The lowest BCUT2D eigenvalue weighted by Gasteiger charge is -2.19. The summed E-state index contributed by atoms with van der Waals surface area (Å²) in [6, 6.07) is 15.0. The molecule has 0 spiro atoms. The van der Waals surface area contributed by atoms with Gasteiger partial charge in [-0.15, -0.1) is 0 Å². The summed E-state index contributed by atoms with van der Waals surface area (Å²) in [6.07, 6.45) is 1.36. The van der Waals surface area contributed by atoms with Gasteiger partial charge in [0.05, 0.1) is 0 Å². The molecule has 0 aliphatic rings. The van der Waals surface area contributed by atoms with Crippen LogP contribution < -0.4 is 9.47 Å². The Labute approximate surface area is 177 Å².